The van der Waals surface area contributed by atoms with E-state index in [0.29, 0.717) is 0 Å². The molecule has 1 heterocycles. The Bertz CT molecular complexity index is 237. The van der Waals surface area contributed by atoms with Crippen molar-refractivity contribution in [3.8, 4) is 0 Å². The molecule has 0 aliphatic carbocycles. The lowest BCUT2D eigenvalue weighted by molar-refractivity contribution is -0.697. The Kier molecular flexibility index (Phi) is 11.6. The van der Waals surface area contributed by atoms with Crippen LogP contribution in [0.25, 0.3) is 0 Å². The Morgan fingerprint density at radius 1 is 1.13 bits per heavy atom. The summed E-state index contributed by atoms with van der Waals surface area (Å²) in [7, 11) is 0. The fourth-order valence-electron chi connectivity index (χ4n) is 1.30. The number of pyridine rings is 1. The van der Waals surface area contributed by atoms with Gasteiger partial charge in [0.15, 0.2) is 12.4 Å². The molecule has 0 fully saturated rings. The summed E-state index contributed by atoms with van der Waals surface area (Å²) >= 11 is 0. The van der Waals surface area contributed by atoms with Gasteiger partial charge in [-0.3, -0.25) is 0 Å². The zero-order chi connectivity index (χ0) is 9.52. The molecule has 0 amide bonds. The molecule has 1 aromatic heterocycles. The minimum Gasteiger partial charge on any atom is -1.00 e. The van der Waals surface area contributed by atoms with E-state index in [-0.39, 0.29) is 24.8 Å². The van der Waals surface area contributed by atoms with Crippen molar-refractivity contribution in [2.24, 2.45) is 5.73 Å². The molecule has 0 aliphatic rings. The van der Waals surface area contributed by atoms with Crippen LogP contribution in [-0.4, -0.2) is 6.54 Å². The van der Waals surface area contributed by atoms with Crippen LogP contribution < -0.4 is 22.7 Å². The second-order valence-electron chi connectivity index (χ2n) is 3.46. The van der Waals surface area contributed by atoms with Crippen LogP contribution in [0.1, 0.15) is 24.8 Å². The van der Waals surface area contributed by atoms with E-state index in [4.69, 9.17) is 5.73 Å². The van der Waals surface area contributed by atoms with Gasteiger partial charge in [0, 0.05) is 18.6 Å². The van der Waals surface area contributed by atoms with Crippen LogP contribution in [-0.2, 0) is 6.54 Å². The van der Waals surface area contributed by atoms with E-state index in [9.17, 15) is 0 Å². The Labute approximate surface area is 105 Å². The van der Waals surface area contributed by atoms with Gasteiger partial charge in [-0.2, -0.15) is 0 Å². The molecular formula is C11H20Cl2N2. The second kappa shape index (κ2) is 10.2. The van der Waals surface area contributed by atoms with Crippen molar-refractivity contribution in [3.05, 3.63) is 30.1 Å². The van der Waals surface area contributed by atoms with E-state index in [1.807, 2.05) is 0 Å². The molecule has 0 atom stereocenters. The molecule has 1 rings (SSSR count). The highest BCUT2D eigenvalue weighted by molar-refractivity contribution is 5.85. The third-order valence-corrected chi connectivity index (χ3v) is 2.18. The van der Waals surface area contributed by atoms with E-state index in [1.54, 1.807) is 0 Å². The van der Waals surface area contributed by atoms with Gasteiger partial charge in [0.25, 0.3) is 0 Å². The minimum absolute atomic E-state index is 0. The molecule has 0 unspecified atom stereocenters. The molecular weight excluding hydrogens is 231 g/mol. The van der Waals surface area contributed by atoms with Crippen LogP contribution in [0.5, 0.6) is 0 Å². The fraction of sp³-hybridized carbons (Fsp3) is 0.545. The lowest BCUT2D eigenvalue weighted by Gasteiger charge is -1.97. The standard InChI is InChI=1S/C11H19N2.2ClH/c1-11-5-9-13(10-6-11)8-4-2-3-7-12;;/h5-6,9-10H,2-4,7-8,12H2,1H3;2*1H/q+1;;/p-1. The molecule has 0 saturated heterocycles. The second-order valence-corrected chi connectivity index (χ2v) is 3.46. The molecule has 0 aliphatic heterocycles. The third kappa shape index (κ3) is 7.60. The Balaban J connectivity index is 0. The van der Waals surface area contributed by atoms with Crippen molar-refractivity contribution in [3.63, 3.8) is 0 Å². The van der Waals surface area contributed by atoms with E-state index in [1.165, 1.54) is 18.4 Å². The number of aryl methyl sites for hydroxylation is 2. The van der Waals surface area contributed by atoms with Crippen molar-refractivity contribution >= 4 is 12.4 Å². The maximum Gasteiger partial charge on any atom is 0.169 e. The van der Waals surface area contributed by atoms with Crippen molar-refractivity contribution < 1.29 is 17.0 Å². The summed E-state index contributed by atoms with van der Waals surface area (Å²) in [5, 5.41) is 0. The SMILES string of the molecule is Cc1cc[n+](CCCCCN)cc1.Cl.[Cl-]. The largest absolute Gasteiger partial charge is 1.00 e. The van der Waals surface area contributed by atoms with Gasteiger partial charge >= 0.3 is 0 Å². The number of unbranched alkanes of at least 4 members (excludes halogenated alkanes) is 2. The average molecular weight is 251 g/mol. The minimum atomic E-state index is 0. The first-order chi connectivity index (χ1) is 6.33. The summed E-state index contributed by atoms with van der Waals surface area (Å²) in [6.07, 6.45) is 7.88. The first-order valence-corrected chi connectivity index (χ1v) is 4.98. The van der Waals surface area contributed by atoms with Crippen LogP contribution in [0.15, 0.2) is 24.5 Å². The first kappa shape index (κ1) is 17.1. The molecule has 0 saturated carbocycles. The molecule has 0 radical (unpaired) electrons. The number of hydrogen-bond acceptors (Lipinski definition) is 1. The van der Waals surface area contributed by atoms with Crippen LogP contribution in [0.2, 0.25) is 0 Å². The molecule has 2 nitrogen and oxygen atoms in total. The summed E-state index contributed by atoms with van der Waals surface area (Å²) in [5.41, 5.74) is 6.74. The molecule has 1 aromatic rings. The van der Waals surface area contributed by atoms with Crippen molar-refractivity contribution in [2.75, 3.05) is 6.54 Å². The Morgan fingerprint density at radius 2 is 1.73 bits per heavy atom. The zero-order valence-electron chi connectivity index (χ0n) is 9.16. The number of rotatable bonds is 5. The van der Waals surface area contributed by atoms with Crippen molar-refractivity contribution in [2.45, 2.75) is 32.7 Å². The van der Waals surface area contributed by atoms with E-state index >= 15 is 0 Å². The monoisotopic (exact) mass is 250 g/mol. The predicted octanol–water partition coefficient (Wildman–Crippen LogP) is -1.16. The Morgan fingerprint density at radius 3 is 2.27 bits per heavy atom. The van der Waals surface area contributed by atoms with Crippen LogP contribution in [0.4, 0.5) is 0 Å². The number of hydrogen-bond donors (Lipinski definition) is 1. The maximum absolute atomic E-state index is 5.42. The van der Waals surface area contributed by atoms with Gasteiger partial charge in [0.05, 0.1) is 0 Å². The first-order valence-electron chi connectivity index (χ1n) is 4.98. The molecule has 88 valence electrons. The normalized spacial score (nSPS) is 8.93. The summed E-state index contributed by atoms with van der Waals surface area (Å²) in [5.74, 6) is 0. The molecule has 0 bridgehead atoms. The summed E-state index contributed by atoms with van der Waals surface area (Å²) in [6, 6.07) is 4.28. The summed E-state index contributed by atoms with van der Waals surface area (Å²) in [4.78, 5) is 0. The van der Waals surface area contributed by atoms with Crippen molar-refractivity contribution in [1.29, 1.82) is 0 Å². The van der Waals surface area contributed by atoms with Gasteiger partial charge in [-0.1, -0.05) is 0 Å². The lowest BCUT2D eigenvalue weighted by Crippen LogP contribution is -3.00. The van der Waals surface area contributed by atoms with E-state index in [2.05, 4.69) is 36.0 Å². The highest BCUT2D eigenvalue weighted by Crippen LogP contribution is 1.94. The van der Waals surface area contributed by atoms with Gasteiger partial charge in [0.1, 0.15) is 6.54 Å². The molecule has 0 aromatic carbocycles. The van der Waals surface area contributed by atoms with Gasteiger partial charge in [-0.05, 0) is 31.9 Å². The highest BCUT2D eigenvalue weighted by atomic mass is 35.5. The number of nitrogens with two attached hydrogens (primary N) is 1. The number of nitrogens with zero attached hydrogens (tertiary/aromatic N) is 1. The van der Waals surface area contributed by atoms with Crippen LogP contribution in [0.3, 0.4) is 0 Å². The quantitative estimate of drug-likeness (QED) is 0.519. The Hall–Kier alpha value is -0.310. The summed E-state index contributed by atoms with van der Waals surface area (Å²) in [6.45, 7) is 4.04. The lowest BCUT2D eigenvalue weighted by atomic mass is 10.2. The smallest absolute Gasteiger partial charge is 0.169 e. The third-order valence-electron chi connectivity index (χ3n) is 2.18. The van der Waals surface area contributed by atoms with Crippen LogP contribution in [0, 0.1) is 6.92 Å². The van der Waals surface area contributed by atoms with E-state index in [0.717, 1.165) is 19.5 Å². The van der Waals surface area contributed by atoms with Gasteiger partial charge in [-0.25, -0.2) is 4.57 Å². The molecule has 0 spiro atoms. The summed E-state index contributed by atoms with van der Waals surface area (Å²) < 4.78 is 2.23. The highest BCUT2D eigenvalue weighted by Gasteiger charge is 1.97. The van der Waals surface area contributed by atoms with E-state index < -0.39 is 0 Å². The maximum atomic E-state index is 5.42. The molecule has 4 heteroatoms. The van der Waals surface area contributed by atoms with Gasteiger partial charge in [-0.15, -0.1) is 12.4 Å². The molecule has 2 N–H and O–H groups in total. The molecule has 15 heavy (non-hydrogen) atoms. The van der Waals surface area contributed by atoms with Gasteiger partial charge in [0.2, 0.25) is 0 Å². The fourth-order valence-corrected chi connectivity index (χ4v) is 1.30. The zero-order valence-corrected chi connectivity index (χ0v) is 10.7. The topological polar surface area (TPSA) is 29.9 Å². The van der Waals surface area contributed by atoms with Crippen molar-refractivity contribution in [1.82, 2.24) is 0 Å². The number of aromatic nitrogens is 1. The average Bonchev–Trinajstić information content (AvgIpc) is 2.15. The predicted molar refractivity (Wildman–Crippen MR) is 61.5 cm³/mol. The van der Waals surface area contributed by atoms with Gasteiger partial charge < -0.3 is 18.1 Å². The van der Waals surface area contributed by atoms with Crippen LogP contribution >= 0.6 is 12.4 Å². The number of halogens is 2.